The fourth-order valence-electron chi connectivity index (χ4n) is 2.18. The minimum Gasteiger partial charge on any atom is -0.463 e. The van der Waals surface area contributed by atoms with E-state index in [4.69, 9.17) is 9.15 Å². The number of ether oxygens (including phenoxy) is 1. The van der Waals surface area contributed by atoms with E-state index in [9.17, 15) is 4.79 Å². The highest BCUT2D eigenvalue weighted by Gasteiger charge is 2.17. The molecule has 1 aromatic heterocycles. The molecule has 4 nitrogen and oxygen atoms in total. The van der Waals surface area contributed by atoms with Gasteiger partial charge in [-0.05, 0) is 11.6 Å². The summed E-state index contributed by atoms with van der Waals surface area (Å²) in [6.45, 7) is 5.89. The highest BCUT2D eigenvalue weighted by molar-refractivity contribution is 5.87. The molecule has 0 aliphatic heterocycles. The van der Waals surface area contributed by atoms with Crippen LogP contribution in [0.3, 0.4) is 0 Å². The van der Waals surface area contributed by atoms with Crippen LogP contribution in [0.25, 0.3) is 0 Å². The van der Waals surface area contributed by atoms with Crippen molar-refractivity contribution in [2.24, 2.45) is 0 Å². The molecule has 0 spiro atoms. The third-order valence-corrected chi connectivity index (χ3v) is 3.15. The Hall–Kier alpha value is -2.33. The Morgan fingerprint density at radius 2 is 2.05 bits per heavy atom. The van der Waals surface area contributed by atoms with Gasteiger partial charge in [0.15, 0.2) is 0 Å². The van der Waals surface area contributed by atoms with Crippen molar-refractivity contribution in [3.8, 4) is 0 Å². The number of hydrogen-bond donors (Lipinski definition) is 0. The Morgan fingerprint density at radius 3 is 2.71 bits per heavy atom. The normalized spacial score (nSPS) is 10.6. The lowest BCUT2D eigenvalue weighted by atomic mass is 10.2. The Balaban J connectivity index is 2.11. The van der Waals surface area contributed by atoms with Crippen molar-refractivity contribution in [3.05, 3.63) is 72.2 Å². The average Bonchev–Trinajstić information content (AvgIpc) is 2.96. The molecule has 0 N–H and O–H groups in total. The maximum atomic E-state index is 11.6. The van der Waals surface area contributed by atoms with Gasteiger partial charge in [0.05, 0.1) is 13.4 Å². The molecule has 1 heterocycles. The molecule has 0 radical (unpaired) electrons. The van der Waals surface area contributed by atoms with Gasteiger partial charge in [0.1, 0.15) is 0 Å². The zero-order chi connectivity index (χ0) is 15.1. The monoisotopic (exact) mass is 285 g/mol. The Bertz CT molecular complexity index is 589. The predicted molar refractivity (Wildman–Crippen MR) is 80.8 cm³/mol. The summed E-state index contributed by atoms with van der Waals surface area (Å²) < 4.78 is 9.94. The Kier molecular flexibility index (Phi) is 5.35. The van der Waals surface area contributed by atoms with Crippen LogP contribution >= 0.6 is 0 Å². The molecule has 0 saturated heterocycles. The van der Waals surface area contributed by atoms with E-state index in [2.05, 4.69) is 23.6 Å². The van der Waals surface area contributed by atoms with Gasteiger partial charge in [-0.15, -0.1) is 6.58 Å². The molecule has 1 aromatic carbocycles. The maximum Gasteiger partial charge on any atom is 0.374 e. The first kappa shape index (κ1) is 15.1. The Labute approximate surface area is 124 Å². The van der Waals surface area contributed by atoms with Gasteiger partial charge >= 0.3 is 5.97 Å². The van der Waals surface area contributed by atoms with Crippen LogP contribution < -0.4 is 0 Å². The summed E-state index contributed by atoms with van der Waals surface area (Å²) in [6, 6.07) is 12.0. The molecule has 2 rings (SSSR count). The first-order chi connectivity index (χ1) is 10.2. The molecular weight excluding hydrogens is 266 g/mol. The van der Waals surface area contributed by atoms with Crippen molar-refractivity contribution in [2.45, 2.75) is 13.1 Å². The number of benzene rings is 1. The molecule has 0 fully saturated rings. The third-order valence-electron chi connectivity index (χ3n) is 3.15. The van der Waals surface area contributed by atoms with Crippen LogP contribution in [-0.2, 0) is 17.8 Å². The van der Waals surface area contributed by atoms with E-state index in [1.165, 1.54) is 18.9 Å². The van der Waals surface area contributed by atoms with Crippen LogP contribution in [0.1, 0.15) is 21.7 Å². The van der Waals surface area contributed by atoms with Crippen LogP contribution in [0.2, 0.25) is 0 Å². The summed E-state index contributed by atoms with van der Waals surface area (Å²) >= 11 is 0. The lowest BCUT2D eigenvalue weighted by Crippen LogP contribution is -2.23. The second-order valence-corrected chi connectivity index (χ2v) is 4.71. The van der Waals surface area contributed by atoms with Gasteiger partial charge in [0.2, 0.25) is 5.76 Å². The lowest BCUT2D eigenvalue weighted by molar-refractivity contribution is 0.0562. The van der Waals surface area contributed by atoms with Crippen LogP contribution in [0.15, 0.2) is 59.7 Å². The van der Waals surface area contributed by atoms with E-state index >= 15 is 0 Å². The molecule has 0 aliphatic rings. The van der Waals surface area contributed by atoms with Gasteiger partial charge in [-0.25, -0.2) is 4.79 Å². The van der Waals surface area contributed by atoms with Crippen molar-refractivity contribution in [2.75, 3.05) is 13.7 Å². The zero-order valence-electron chi connectivity index (χ0n) is 12.1. The minimum absolute atomic E-state index is 0.264. The Morgan fingerprint density at radius 1 is 1.29 bits per heavy atom. The predicted octanol–water partition coefficient (Wildman–Crippen LogP) is 3.25. The third kappa shape index (κ3) is 4.07. The largest absolute Gasteiger partial charge is 0.463 e. The zero-order valence-corrected chi connectivity index (χ0v) is 12.1. The topological polar surface area (TPSA) is 42.7 Å². The maximum absolute atomic E-state index is 11.6. The smallest absolute Gasteiger partial charge is 0.374 e. The molecule has 0 unspecified atom stereocenters. The number of furan rings is 1. The highest BCUT2D eigenvalue weighted by Crippen LogP contribution is 2.16. The van der Waals surface area contributed by atoms with Gasteiger partial charge in [-0.1, -0.05) is 36.4 Å². The van der Waals surface area contributed by atoms with Crippen molar-refractivity contribution in [1.29, 1.82) is 0 Å². The number of rotatable bonds is 7. The van der Waals surface area contributed by atoms with E-state index in [1.54, 1.807) is 6.07 Å². The molecule has 21 heavy (non-hydrogen) atoms. The first-order valence-electron chi connectivity index (χ1n) is 6.76. The molecule has 0 atom stereocenters. The minimum atomic E-state index is -0.451. The van der Waals surface area contributed by atoms with E-state index in [1.807, 2.05) is 24.3 Å². The number of esters is 1. The summed E-state index contributed by atoms with van der Waals surface area (Å²) in [5.74, 6) is -0.187. The first-order valence-corrected chi connectivity index (χ1v) is 6.76. The van der Waals surface area contributed by atoms with Gasteiger partial charge in [-0.3, -0.25) is 4.90 Å². The number of carbonyl (C=O) groups excluding carboxylic acids is 1. The van der Waals surface area contributed by atoms with Crippen LogP contribution in [0, 0.1) is 0 Å². The second kappa shape index (κ2) is 7.45. The summed E-state index contributed by atoms with van der Waals surface area (Å²) in [6.07, 6.45) is 3.36. The number of carbonyl (C=O) groups is 1. The van der Waals surface area contributed by atoms with Crippen LogP contribution in [-0.4, -0.2) is 24.5 Å². The van der Waals surface area contributed by atoms with Gasteiger partial charge in [0.25, 0.3) is 0 Å². The van der Waals surface area contributed by atoms with Crippen molar-refractivity contribution >= 4 is 5.97 Å². The summed E-state index contributed by atoms with van der Waals surface area (Å²) in [7, 11) is 1.35. The van der Waals surface area contributed by atoms with Gasteiger partial charge in [0, 0.05) is 25.2 Å². The standard InChI is InChI=1S/C17H19NO3/c1-3-10-18(12-14-7-5-4-6-8-14)13-15-9-11-21-16(15)17(19)20-2/h3-9,11H,1,10,12-13H2,2H3. The highest BCUT2D eigenvalue weighted by atomic mass is 16.5. The molecule has 0 saturated carbocycles. The quantitative estimate of drug-likeness (QED) is 0.578. The van der Waals surface area contributed by atoms with Crippen molar-refractivity contribution < 1.29 is 13.9 Å². The van der Waals surface area contributed by atoms with E-state index in [-0.39, 0.29) is 5.76 Å². The fourth-order valence-corrected chi connectivity index (χ4v) is 2.18. The molecule has 0 amide bonds. The van der Waals surface area contributed by atoms with E-state index in [0.717, 1.165) is 18.7 Å². The van der Waals surface area contributed by atoms with Crippen molar-refractivity contribution in [3.63, 3.8) is 0 Å². The molecule has 0 aliphatic carbocycles. The number of nitrogens with zero attached hydrogens (tertiary/aromatic N) is 1. The fraction of sp³-hybridized carbons (Fsp3) is 0.235. The lowest BCUT2D eigenvalue weighted by Gasteiger charge is -2.20. The number of hydrogen-bond acceptors (Lipinski definition) is 4. The molecular formula is C17H19NO3. The molecule has 110 valence electrons. The molecule has 2 aromatic rings. The van der Waals surface area contributed by atoms with Crippen molar-refractivity contribution in [1.82, 2.24) is 4.90 Å². The summed E-state index contributed by atoms with van der Waals surface area (Å²) in [4.78, 5) is 13.8. The average molecular weight is 285 g/mol. The van der Waals surface area contributed by atoms with E-state index in [0.29, 0.717) is 6.54 Å². The van der Waals surface area contributed by atoms with Gasteiger partial charge in [-0.2, -0.15) is 0 Å². The summed E-state index contributed by atoms with van der Waals surface area (Å²) in [5.41, 5.74) is 2.03. The van der Waals surface area contributed by atoms with Crippen LogP contribution in [0.5, 0.6) is 0 Å². The van der Waals surface area contributed by atoms with Crippen LogP contribution in [0.4, 0.5) is 0 Å². The number of methoxy groups -OCH3 is 1. The van der Waals surface area contributed by atoms with E-state index < -0.39 is 5.97 Å². The second-order valence-electron chi connectivity index (χ2n) is 4.71. The molecule has 0 bridgehead atoms. The van der Waals surface area contributed by atoms with Gasteiger partial charge < -0.3 is 9.15 Å². The summed E-state index contributed by atoms with van der Waals surface area (Å²) in [5, 5.41) is 0. The molecule has 4 heteroatoms. The SMILES string of the molecule is C=CCN(Cc1ccccc1)Cc1ccoc1C(=O)OC.